The van der Waals surface area contributed by atoms with Crippen molar-refractivity contribution in [3.05, 3.63) is 65.5 Å². The zero-order valence-corrected chi connectivity index (χ0v) is 16.3. The van der Waals surface area contributed by atoms with Gasteiger partial charge in [0.15, 0.2) is 0 Å². The molecule has 4 rings (SSSR count). The number of halogens is 3. The molecule has 1 N–H and O–H groups in total. The second kappa shape index (κ2) is 7.93. The van der Waals surface area contributed by atoms with Crippen LogP contribution in [0, 0.1) is 12.8 Å². The van der Waals surface area contributed by atoms with Gasteiger partial charge in [-0.2, -0.15) is 13.2 Å². The number of alkyl halides is 3. The number of amides is 1. The Morgan fingerprint density at radius 1 is 1.27 bits per heavy atom. The van der Waals surface area contributed by atoms with Gasteiger partial charge >= 0.3 is 6.18 Å². The third kappa shape index (κ3) is 4.22. The van der Waals surface area contributed by atoms with Crippen LogP contribution < -0.4 is 5.32 Å². The molecule has 3 aromatic rings. The number of nitrogens with one attached hydrogen (secondary N) is 1. The number of hydrogen-bond donors (Lipinski definition) is 1. The second-order valence-electron chi connectivity index (χ2n) is 7.39. The summed E-state index contributed by atoms with van der Waals surface area (Å²) in [6.45, 7) is 1.94. The van der Waals surface area contributed by atoms with E-state index in [0.717, 1.165) is 16.5 Å². The van der Waals surface area contributed by atoms with Crippen LogP contribution in [-0.4, -0.2) is 22.1 Å². The molecule has 1 aliphatic carbocycles. The highest BCUT2D eigenvalue weighted by molar-refractivity contribution is 5.99. The second-order valence-corrected chi connectivity index (χ2v) is 7.39. The van der Waals surface area contributed by atoms with Crippen molar-refractivity contribution < 1.29 is 22.4 Å². The van der Waals surface area contributed by atoms with Crippen LogP contribution in [0.3, 0.4) is 0 Å². The van der Waals surface area contributed by atoms with Gasteiger partial charge in [-0.25, -0.2) is 4.98 Å². The van der Waals surface area contributed by atoms with Crippen LogP contribution in [0.25, 0.3) is 16.5 Å². The first-order valence-corrected chi connectivity index (χ1v) is 9.65. The molecule has 156 valence electrons. The third-order valence-electron chi connectivity index (χ3n) is 5.26. The van der Waals surface area contributed by atoms with E-state index in [1.54, 1.807) is 25.3 Å². The van der Waals surface area contributed by atoms with Crippen LogP contribution >= 0.6 is 0 Å². The number of rotatable bonds is 4. The van der Waals surface area contributed by atoms with E-state index in [4.69, 9.17) is 4.42 Å². The number of hydrogen-bond acceptors (Lipinski definition) is 4. The van der Waals surface area contributed by atoms with E-state index in [-0.39, 0.29) is 25.3 Å². The average molecular weight is 415 g/mol. The fourth-order valence-electron chi connectivity index (χ4n) is 3.66. The molecule has 0 spiro atoms. The van der Waals surface area contributed by atoms with E-state index < -0.39 is 12.1 Å². The highest BCUT2D eigenvalue weighted by Gasteiger charge is 2.39. The topological polar surface area (TPSA) is 68.0 Å². The average Bonchev–Trinajstić information content (AvgIpc) is 3.15. The Morgan fingerprint density at radius 2 is 2.10 bits per heavy atom. The predicted molar refractivity (Wildman–Crippen MR) is 106 cm³/mol. The molecule has 8 heteroatoms. The molecule has 5 nitrogen and oxygen atoms in total. The summed E-state index contributed by atoms with van der Waals surface area (Å²) in [6, 6.07) is 7.25. The molecule has 0 fully saturated rings. The minimum Gasteiger partial charge on any atom is -0.444 e. The van der Waals surface area contributed by atoms with Gasteiger partial charge in [0.05, 0.1) is 29.7 Å². The number of pyridine rings is 1. The van der Waals surface area contributed by atoms with E-state index >= 15 is 0 Å². The molecule has 0 radical (unpaired) electrons. The third-order valence-corrected chi connectivity index (χ3v) is 5.26. The number of allylic oxidation sites excluding steroid dienone is 2. The number of benzene rings is 1. The van der Waals surface area contributed by atoms with Crippen LogP contribution in [-0.2, 0) is 6.54 Å². The normalized spacial score (nSPS) is 17.1. The molecule has 30 heavy (non-hydrogen) atoms. The molecular formula is C22H20F3N3O2. The number of carbonyl (C=O) groups excluding carboxylic acids is 1. The van der Waals surface area contributed by atoms with Crippen molar-refractivity contribution in [3.63, 3.8) is 0 Å². The van der Waals surface area contributed by atoms with E-state index in [2.05, 4.69) is 15.3 Å². The largest absolute Gasteiger partial charge is 0.444 e. The quantitative estimate of drug-likeness (QED) is 0.635. The highest BCUT2D eigenvalue weighted by atomic mass is 19.4. The Kier molecular flexibility index (Phi) is 5.32. The first-order chi connectivity index (χ1) is 14.3. The lowest BCUT2D eigenvalue weighted by Gasteiger charge is -2.24. The zero-order chi connectivity index (χ0) is 21.3. The van der Waals surface area contributed by atoms with Crippen molar-refractivity contribution in [1.82, 2.24) is 15.3 Å². The lowest BCUT2D eigenvalue weighted by Crippen LogP contribution is -2.24. The summed E-state index contributed by atoms with van der Waals surface area (Å²) in [5.41, 5.74) is 2.74. The molecule has 1 amide bonds. The molecule has 2 aromatic heterocycles. The van der Waals surface area contributed by atoms with Gasteiger partial charge < -0.3 is 9.73 Å². The Bertz CT molecular complexity index is 1120. The number of aromatic nitrogens is 2. The van der Waals surface area contributed by atoms with Crippen LogP contribution in [0.5, 0.6) is 0 Å². The van der Waals surface area contributed by atoms with E-state index in [1.165, 1.54) is 6.20 Å². The van der Waals surface area contributed by atoms with Gasteiger partial charge in [-0.3, -0.25) is 9.78 Å². The lowest BCUT2D eigenvalue weighted by molar-refractivity contribution is -0.175. The van der Waals surface area contributed by atoms with Gasteiger partial charge in [0.25, 0.3) is 5.91 Å². The summed E-state index contributed by atoms with van der Waals surface area (Å²) >= 11 is 0. The Hall–Kier alpha value is -3.16. The van der Waals surface area contributed by atoms with Gasteiger partial charge in [-0.1, -0.05) is 24.3 Å². The number of para-hydroxylation sites is 1. The van der Waals surface area contributed by atoms with Gasteiger partial charge in [0.1, 0.15) is 5.76 Å². The molecule has 1 atom stereocenters. The predicted octanol–water partition coefficient (Wildman–Crippen LogP) is 5.21. The summed E-state index contributed by atoms with van der Waals surface area (Å²) < 4.78 is 44.1. The van der Waals surface area contributed by atoms with Gasteiger partial charge in [-0.05, 0) is 37.8 Å². The summed E-state index contributed by atoms with van der Waals surface area (Å²) in [6.07, 6.45) is 0.967. The van der Waals surface area contributed by atoms with Gasteiger partial charge in [0, 0.05) is 17.1 Å². The first-order valence-electron chi connectivity index (χ1n) is 9.65. The fraction of sp³-hybridized carbons (Fsp3) is 0.318. The number of oxazole rings is 1. The van der Waals surface area contributed by atoms with Crippen LogP contribution in [0.2, 0.25) is 0 Å². The maximum absolute atomic E-state index is 12.9. The monoisotopic (exact) mass is 415 g/mol. The summed E-state index contributed by atoms with van der Waals surface area (Å²) in [4.78, 5) is 20.9. The molecular weight excluding hydrogens is 395 g/mol. The van der Waals surface area contributed by atoms with Gasteiger partial charge in [-0.15, -0.1) is 0 Å². The van der Waals surface area contributed by atoms with E-state index in [9.17, 15) is 18.0 Å². The number of fused-ring (bicyclic) bond motifs is 1. The maximum atomic E-state index is 12.9. The van der Waals surface area contributed by atoms with Crippen LogP contribution in [0.15, 0.2) is 47.2 Å². The number of carbonyl (C=O) groups is 1. The zero-order valence-electron chi connectivity index (χ0n) is 16.3. The lowest BCUT2D eigenvalue weighted by atomic mass is 9.85. The van der Waals surface area contributed by atoms with Crippen molar-refractivity contribution in [2.75, 3.05) is 0 Å². The standard InChI is InChI=1S/C22H20F3N3O2/c1-13-10-26-19(30-13)12-28-21(29)16-9-15-3-2-4-18(20(15)27-11-16)14-5-7-17(8-6-14)22(23,24)25/h2-5,9-11,17H,6-8,12H2,1H3,(H,28,29). The summed E-state index contributed by atoms with van der Waals surface area (Å²) in [5.74, 6) is -0.515. The minimum atomic E-state index is -4.16. The van der Waals surface area contributed by atoms with E-state index in [0.29, 0.717) is 29.2 Å². The van der Waals surface area contributed by atoms with E-state index in [1.807, 2.05) is 18.2 Å². The minimum absolute atomic E-state index is 0.0179. The van der Waals surface area contributed by atoms with Crippen molar-refractivity contribution >= 4 is 22.4 Å². The summed E-state index contributed by atoms with van der Waals surface area (Å²) in [5, 5.41) is 3.49. The van der Waals surface area contributed by atoms with Crippen LogP contribution in [0.1, 0.15) is 46.8 Å². The molecule has 1 unspecified atom stereocenters. The van der Waals surface area contributed by atoms with Crippen molar-refractivity contribution in [1.29, 1.82) is 0 Å². The number of nitrogens with zero attached hydrogens (tertiary/aromatic N) is 2. The highest BCUT2D eigenvalue weighted by Crippen LogP contribution is 2.40. The smallest absolute Gasteiger partial charge is 0.392 e. The fourth-order valence-corrected chi connectivity index (χ4v) is 3.66. The Labute approximate surface area is 171 Å². The SMILES string of the molecule is Cc1cnc(CNC(=O)c2cnc3c(C4=CCC(C(F)(F)F)CC4)cccc3c2)o1. The Morgan fingerprint density at radius 3 is 2.77 bits per heavy atom. The molecule has 0 aliphatic heterocycles. The van der Waals surface area contributed by atoms with Crippen LogP contribution in [0.4, 0.5) is 13.2 Å². The molecule has 0 saturated heterocycles. The molecule has 1 aromatic carbocycles. The van der Waals surface area contributed by atoms with Crippen molar-refractivity contribution in [2.24, 2.45) is 5.92 Å². The Balaban J connectivity index is 1.53. The molecule has 0 saturated carbocycles. The van der Waals surface area contributed by atoms with Crippen molar-refractivity contribution in [3.8, 4) is 0 Å². The molecule has 2 heterocycles. The first kappa shape index (κ1) is 20.1. The molecule has 1 aliphatic rings. The van der Waals surface area contributed by atoms with Gasteiger partial charge in [0.2, 0.25) is 5.89 Å². The molecule has 0 bridgehead atoms. The number of aryl methyl sites for hydroxylation is 1. The van der Waals surface area contributed by atoms with Crippen molar-refractivity contribution in [2.45, 2.75) is 38.9 Å². The maximum Gasteiger partial charge on any atom is 0.392 e. The summed E-state index contributed by atoms with van der Waals surface area (Å²) in [7, 11) is 0.